The fourth-order valence-electron chi connectivity index (χ4n) is 3.38. The molecule has 5 heteroatoms. The van der Waals surface area contributed by atoms with Crippen molar-refractivity contribution >= 4 is 23.2 Å². The van der Waals surface area contributed by atoms with Crippen molar-refractivity contribution in [2.24, 2.45) is 0 Å². The monoisotopic (exact) mass is 366 g/mol. The van der Waals surface area contributed by atoms with E-state index in [0.29, 0.717) is 17.2 Å². The number of aliphatic carboxylic acids is 1. The maximum atomic E-state index is 11.4. The highest BCUT2D eigenvalue weighted by molar-refractivity contribution is 6.07. The number of rotatable bonds is 6. The first-order valence-corrected chi connectivity index (χ1v) is 8.53. The van der Waals surface area contributed by atoms with Crippen molar-refractivity contribution < 1.29 is 24.1 Å². The fraction of sp³-hybridized carbons (Fsp3) is 0.227. The van der Waals surface area contributed by atoms with Gasteiger partial charge in [-0.05, 0) is 70.7 Å². The Morgan fingerprint density at radius 1 is 0.963 bits per heavy atom. The number of benzene rings is 2. The average molecular weight is 366 g/mol. The molecule has 0 unspecified atom stereocenters. The number of allylic oxidation sites excluding steroid dienone is 2. The van der Waals surface area contributed by atoms with E-state index in [1.807, 2.05) is 49.4 Å². The highest BCUT2D eigenvalue weighted by Gasteiger charge is 2.25. The second-order valence-electron chi connectivity index (χ2n) is 6.26. The third-order valence-electron chi connectivity index (χ3n) is 4.75. The van der Waals surface area contributed by atoms with Crippen LogP contribution < -0.4 is 14.2 Å². The number of carboxylic acids is 1. The molecule has 140 valence electrons. The van der Waals surface area contributed by atoms with Crippen molar-refractivity contribution in [1.82, 2.24) is 0 Å². The topological polar surface area (TPSA) is 65.0 Å². The smallest absolute Gasteiger partial charge is 0.307 e. The highest BCUT2D eigenvalue weighted by Crippen LogP contribution is 2.45. The summed E-state index contributed by atoms with van der Waals surface area (Å²) in [6.07, 6.45) is 2.01. The number of carboxylic acid groups (broad SMARTS) is 1. The molecule has 1 aliphatic carbocycles. The van der Waals surface area contributed by atoms with Crippen LogP contribution in [0.4, 0.5) is 0 Å². The first-order valence-electron chi connectivity index (χ1n) is 8.53. The van der Waals surface area contributed by atoms with Gasteiger partial charge in [-0.1, -0.05) is 12.1 Å². The van der Waals surface area contributed by atoms with Crippen LogP contribution in [-0.4, -0.2) is 32.4 Å². The van der Waals surface area contributed by atoms with Gasteiger partial charge in [0.05, 0.1) is 27.8 Å². The lowest BCUT2D eigenvalue weighted by atomic mass is 10.00. The van der Waals surface area contributed by atoms with E-state index in [2.05, 4.69) is 0 Å². The zero-order valence-electron chi connectivity index (χ0n) is 15.8. The molecule has 0 aromatic heterocycles. The molecule has 0 atom stereocenters. The van der Waals surface area contributed by atoms with Crippen LogP contribution in [0.3, 0.4) is 0 Å². The molecule has 1 aliphatic rings. The summed E-state index contributed by atoms with van der Waals surface area (Å²) in [4.78, 5) is 11.4. The zero-order chi connectivity index (χ0) is 19.6. The van der Waals surface area contributed by atoms with Crippen molar-refractivity contribution in [3.63, 3.8) is 0 Å². The van der Waals surface area contributed by atoms with Gasteiger partial charge in [-0.3, -0.25) is 4.79 Å². The van der Waals surface area contributed by atoms with Crippen LogP contribution in [0.25, 0.3) is 17.2 Å². The third-order valence-corrected chi connectivity index (χ3v) is 4.75. The summed E-state index contributed by atoms with van der Waals surface area (Å²) in [5, 5.41) is 9.33. The van der Waals surface area contributed by atoms with Crippen LogP contribution in [0.5, 0.6) is 17.2 Å². The van der Waals surface area contributed by atoms with Gasteiger partial charge in [0.1, 0.15) is 5.75 Å². The molecule has 2 aromatic rings. The standard InChI is InChI=1S/C22H22O5/c1-13-17(9-14-5-8-20(26-3)21(10-14)27-4)16-7-6-15(25-2)11-19(16)18(13)12-22(23)24/h5-11H,12H2,1-4H3,(H,23,24)/b17-9-. The summed E-state index contributed by atoms with van der Waals surface area (Å²) in [5.74, 6) is 1.16. The predicted molar refractivity (Wildman–Crippen MR) is 105 cm³/mol. The van der Waals surface area contributed by atoms with Gasteiger partial charge in [-0.2, -0.15) is 0 Å². The molecule has 0 heterocycles. The molecule has 0 spiro atoms. The SMILES string of the molecule is COc1ccc2c(c1)C(CC(=O)O)=C(C)/C2=C/c1ccc(OC)c(OC)c1. The summed E-state index contributed by atoms with van der Waals surface area (Å²) in [6.45, 7) is 1.96. The summed E-state index contributed by atoms with van der Waals surface area (Å²) < 4.78 is 16.0. The summed E-state index contributed by atoms with van der Waals surface area (Å²) in [7, 11) is 4.80. The van der Waals surface area contributed by atoms with Crippen LogP contribution >= 0.6 is 0 Å². The summed E-state index contributed by atoms with van der Waals surface area (Å²) >= 11 is 0. The number of fused-ring (bicyclic) bond motifs is 1. The van der Waals surface area contributed by atoms with Gasteiger partial charge >= 0.3 is 5.97 Å². The van der Waals surface area contributed by atoms with E-state index in [4.69, 9.17) is 14.2 Å². The first kappa shape index (κ1) is 18.6. The molecule has 0 fully saturated rings. The molecule has 0 bridgehead atoms. The normalized spacial score (nSPS) is 14.3. The Hall–Kier alpha value is -3.21. The molecular weight excluding hydrogens is 344 g/mol. The van der Waals surface area contributed by atoms with E-state index in [9.17, 15) is 9.90 Å². The van der Waals surface area contributed by atoms with Crippen LogP contribution in [0.2, 0.25) is 0 Å². The molecule has 0 aliphatic heterocycles. The van der Waals surface area contributed by atoms with Crippen molar-refractivity contribution in [3.8, 4) is 17.2 Å². The highest BCUT2D eigenvalue weighted by atomic mass is 16.5. The predicted octanol–water partition coefficient (Wildman–Crippen LogP) is 4.51. The molecule has 5 nitrogen and oxygen atoms in total. The fourth-order valence-corrected chi connectivity index (χ4v) is 3.38. The molecule has 0 saturated carbocycles. The van der Waals surface area contributed by atoms with Crippen LogP contribution in [-0.2, 0) is 4.79 Å². The minimum Gasteiger partial charge on any atom is -0.497 e. The Labute approximate surface area is 158 Å². The minimum atomic E-state index is -0.856. The zero-order valence-corrected chi connectivity index (χ0v) is 15.8. The molecule has 0 saturated heterocycles. The molecule has 3 rings (SSSR count). The maximum absolute atomic E-state index is 11.4. The van der Waals surface area contributed by atoms with Crippen LogP contribution in [0, 0.1) is 0 Å². The van der Waals surface area contributed by atoms with E-state index in [-0.39, 0.29) is 6.42 Å². The van der Waals surface area contributed by atoms with Gasteiger partial charge < -0.3 is 19.3 Å². The van der Waals surface area contributed by atoms with Crippen molar-refractivity contribution in [3.05, 3.63) is 58.7 Å². The van der Waals surface area contributed by atoms with Gasteiger partial charge in [-0.25, -0.2) is 0 Å². The minimum absolute atomic E-state index is 0.0325. The number of hydrogen-bond donors (Lipinski definition) is 1. The molecule has 27 heavy (non-hydrogen) atoms. The van der Waals surface area contributed by atoms with E-state index in [0.717, 1.165) is 33.4 Å². The van der Waals surface area contributed by atoms with E-state index in [1.54, 1.807) is 21.3 Å². The van der Waals surface area contributed by atoms with Crippen molar-refractivity contribution in [2.45, 2.75) is 13.3 Å². The van der Waals surface area contributed by atoms with Crippen molar-refractivity contribution in [2.75, 3.05) is 21.3 Å². The molecule has 1 N–H and O–H groups in total. The number of ether oxygens (including phenoxy) is 3. The van der Waals surface area contributed by atoms with Crippen molar-refractivity contribution in [1.29, 1.82) is 0 Å². The van der Waals surface area contributed by atoms with Crippen LogP contribution in [0.1, 0.15) is 30.0 Å². The van der Waals surface area contributed by atoms with Gasteiger partial charge in [0, 0.05) is 0 Å². The first-order chi connectivity index (χ1) is 13.0. The second kappa shape index (κ2) is 7.58. The Morgan fingerprint density at radius 2 is 1.70 bits per heavy atom. The lowest BCUT2D eigenvalue weighted by molar-refractivity contribution is -0.135. The van der Waals surface area contributed by atoms with Gasteiger partial charge in [0.15, 0.2) is 11.5 Å². The Morgan fingerprint density at radius 3 is 2.33 bits per heavy atom. The quantitative estimate of drug-likeness (QED) is 0.815. The number of hydrogen-bond acceptors (Lipinski definition) is 4. The van der Waals surface area contributed by atoms with E-state index >= 15 is 0 Å². The van der Waals surface area contributed by atoms with Crippen LogP contribution in [0.15, 0.2) is 42.0 Å². The Balaban J connectivity index is 2.14. The van der Waals surface area contributed by atoms with E-state index < -0.39 is 5.97 Å². The lowest BCUT2D eigenvalue weighted by Crippen LogP contribution is -1.97. The molecule has 0 amide bonds. The third kappa shape index (κ3) is 3.53. The Kier molecular flexibility index (Phi) is 5.21. The average Bonchev–Trinajstić information content (AvgIpc) is 2.92. The molecular formula is C22H22O5. The Bertz CT molecular complexity index is 953. The van der Waals surface area contributed by atoms with Gasteiger partial charge in [0.25, 0.3) is 0 Å². The van der Waals surface area contributed by atoms with E-state index in [1.165, 1.54) is 0 Å². The van der Waals surface area contributed by atoms with Gasteiger partial charge in [-0.15, -0.1) is 0 Å². The molecule has 0 radical (unpaired) electrons. The second-order valence-corrected chi connectivity index (χ2v) is 6.26. The van der Waals surface area contributed by atoms with Gasteiger partial charge in [0.2, 0.25) is 0 Å². The largest absolute Gasteiger partial charge is 0.497 e. The number of carbonyl (C=O) groups is 1. The molecule has 2 aromatic carbocycles. The summed E-state index contributed by atoms with van der Waals surface area (Å²) in [6, 6.07) is 11.5. The number of methoxy groups -OCH3 is 3. The lowest BCUT2D eigenvalue weighted by Gasteiger charge is -2.09. The maximum Gasteiger partial charge on any atom is 0.307 e. The summed E-state index contributed by atoms with van der Waals surface area (Å²) in [5.41, 5.74) is 5.61.